The molecule has 0 atom stereocenters. The third-order valence-electron chi connectivity index (χ3n) is 7.86. The van der Waals surface area contributed by atoms with E-state index < -0.39 is 11.0 Å². The summed E-state index contributed by atoms with van der Waals surface area (Å²) < 4.78 is 16.2. The van der Waals surface area contributed by atoms with Crippen LogP contribution in [-0.2, 0) is 25.6 Å². The van der Waals surface area contributed by atoms with Gasteiger partial charge in [-0.05, 0) is 70.3 Å². The number of ether oxygens (including phenoxy) is 3. The second-order valence-corrected chi connectivity index (χ2v) is 11.9. The van der Waals surface area contributed by atoms with E-state index in [-0.39, 0.29) is 30.2 Å². The van der Waals surface area contributed by atoms with Crippen molar-refractivity contribution in [2.75, 3.05) is 33.3 Å². The fraction of sp³-hybridized carbons (Fsp3) is 0.690. The Morgan fingerprint density at radius 2 is 1.43 bits per heavy atom. The van der Waals surface area contributed by atoms with Gasteiger partial charge in [0.25, 0.3) is 0 Å². The van der Waals surface area contributed by atoms with E-state index in [1.165, 1.54) is 7.11 Å². The minimum Gasteiger partial charge on any atom is -0.469 e. The molecule has 2 amide bonds. The van der Waals surface area contributed by atoms with Gasteiger partial charge in [0, 0.05) is 26.2 Å². The number of benzene rings is 1. The molecule has 0 saturated carbocycles. The Bertz CT molecular complexity index is 910. The van der Waals surface area contributed by atoms with E-state index in [0.29, 0.717) is 39.0 Å². The van der Waals surface area contributed by atoms with E-state index in [4.69, 9.17) is 14.2 Å². The third-order valence-corrected chi connectivity index (χ3v) is 7.86. The zero-order valence-electron chi connectivity index (χ0n) is 23.2. The topological polar surface area (TPSA) is 85.4 Å². The summed E-state index contributed by atoms with van der Waals surface area (Å²) in [6.45, 7) is 10.5. The minimum absolute atomic E-state index is 0.123. The third kappa shape index (κ3) is 8.11. The number of rotatable bonds is 7. The number of methoxy groups -OCH3 is 1. The molecule has 8 heteroatoms. The van der Waals surface area contributed by atoms with Gasteiger partial charge in [-0.25, -0.2) is 9.59 Å². The van der Waals surface area contributed by atoms with Crippen LogP contribution in [0.4, 0.5) is 9.59 Å². The number of nitrogens with zero attached hydrogens (tertiary/aromatic N) is 2. The first kappa shape index (κ1) is 28.8. The highest BCUT2D eigenvalue weighted by Gasteiger charge is 2.44. The maximum atomic E-state index is 12.9. The number of hydrogen-bond acceptors (Lipinski definition) is 6. The molecule has 2 aliphatic heterocycles. The maximum Gasteiger partial charge on any atom is 0.410 e. The van der Waals surface area contributed by atoms with Crippen molar-refractivity contribution in [2.45, 2.75) is 84.8 Å². The van der Waals surface area contributed by atoms with Crippen LogP contribution in [0.5, 0.6) is 0 Å². The standard InChI is InChI=1S/C29H44N2O6/c1-27(2,3)37-26(34)31-18-14-28(4,15-19-31)12-9-13-29(24(32)35-5)16-20-30(21-17-29)25(33)36-22-23-10-7-6-8-11-23/h6-8,10-11H,9,12-22H2,1-5H3. The van der Waals surface area contributed by atoms with Crippen LogP contribution in [0.3, 0.4) is 0 Å². The molecule has 8 nitrogen and oxygen atoms in total. The molecule has 0 bridgehead atoms. The van der Waals surface area contributed by atoms with Gasteiger partial charge in [0.1, 0.15) is 12.2 Å². The van der Waals surface area contributed by atoms with Gasteiger partial charge in [0.15, 0.2) is 0 Å². The summed E-state index contributed by atoms with van der Waals surface area (Å²) in [7, 11) is 1.44. The molecule has 0 unspecified atom stereocenters. The van der Waals surface area contributed by atoms with Gasteiger partial charge in [-0.2, -0.15) is 0 Å². The highest BCUT2D eigenvalue weighted by molar-refractivity contribution is 5.77. The predicted molar refractivity (Wildman–Crippen MR) is 141 cm³/mol. The fourth-order valence-corrected chi connectivity index (χ4v) is 5.36. The summed E-state index contributed by atoms with van der Waals surface area (Å²) in [4.78, 5) is 41.3. The molecule has 2 heterocycles. The van der Waals surface area contributed by atoms with Gasteiger partial charge < -0.3 is 24.0 Å². The number of hydrogen-bond donors (Lipinski definition) is 0. The molecule has 2 fully saturated rings. The van der Waals surface area contributed by atoms with Crippen LogP contribution in [0.15, 0.2) is 30.3 Å². The highest BCUT2D eigenvalue weighted by Crippen LogP contribution is 2.42. The molecule has 0 spiro atoms. The van der Waals surface area contributed by atoms with Crippen molar-refractivity contribution in [3.8, 4) is 0 Å². The number of carbonyl (C=O) groups is 3. The van der Waals surface area contributed by atoms with Crippen molar-refractivity contribution >= 4 is 18.2 Å². The average molecular weight is 517 g/mol. The Kier molecular flexibility index (Phi) is 9.48. The van der Waals surface area contributed by atoms with Gasteiger partial charge in [-0.15, -0.1) is 0 Å². The average Bonchev–Trinajstić information content (AvgIpc) is 2.87. The van der Waals surface area contributed by atoms with Gasteiger partial charge in [-0.1, -0.05) is 43.7 Å². The Labute approximate surface area is 221 Å². The molecule has 0 aromatic heterocycles. The van der Waals surface area contributed by atoms with Crippen LogP contribution in [0.1, 0.15) is 78.2 Å². The number of carbonyl (C=O) groups excluding carboxylic acids is 3. The van der Waals surface area contributed by atoms with Gasteiger partial charge in [-0.3, -0.25) is 4.79 Å². The van der Waals surface area contributed by atoms with Crippen molar-refractivity contribution in [2.24, 2.45) is 10.8 Å². The maximum absolute atomic E-state index is 12.9. The first-order valence-electron chi connectivity index (χ1n) is 13.5. The second-order valence-electron chi connectivity index (χ2n) is 11.9. The van der Waals surface area contributed by atoms with Gasteiger partial charge in [0.05, 0.1) is 12.5 Å². The summed E-state index contributed by atoms with van der Waals surface area (Å²) in [6, 6.07) is 9.61. The zero-order chi connectivity index (χ0) is 27.1. The molecule has 1 aromatic carbocycles. The molecule has 2 saturated heterocycles. The highest BCUT2D eigenvalue weighted by atomic mass is 16.6. The number of amides is 2. The van der Waals surface area contributed by atoms with Crippen LogP contribution in [0.25, 0.3) is 0 Å². The smallest absolute Gasteiger partial charge is 0.410 e. The van der Waals surface area contributed by atoms with Gasteiger partial charge in [0.2, 0.25) is 0 Å². The first-order valence-corrected chi connectivity index (χ1v) is 13.5. The van der Waals surface area contributed by atoms with E-state index in [1.807, 2.05) is 51.1 Å². The Morgan fingerprint density at radius 3 is 2.00 bits per heavy atom. The normalized spacial score (nSPS) is 19.2. The van der Waals surface area contributed by atoms with E-state index in [2.05, 4.69) is 6.92 Å². The summed E-state index contributed by atoms with van der Waals surface area (Å²) in [5.74, 6) is -0.185. The van der Waals surface area contributed by atoms with Crippen molar-refractivity contribution < 1.29 is 28.6 Å². The van der Waals surface area contributed by atoms with Crippen LogP contribution in [0.2, 0.25) is 0 Å². The Balaban J connectivity index is 1.47. The number of esters is 1. The summed E-state index contributed by atoms with van der Waals surface area (Å²) in [5, 5.41) is 0. The van der Waals surface area contributed by atoms with E-state index in [0.717, 1.165) is 37.7 Å². The van der Waals surface area contributed by atoms with Crippen LogP contribution >= 0.6 is 0 Å². The summed E-state index contributed by atoms with van der Waals surface area (Å²) in [5.41, 5.74) is 0.00654. The lowest BCUT2D eigenvalue weighted by atomic mass is 9.71. The van der Waals surface area contributed by atoms with Crippen molar-refractivity contribution in [1.82, 2.24) is 9.80 Å². The predicted octanol–water partition coefficient (Wildman–Crippen LogP) is 5.79. The first-order chi connectivity index (χ1) is 17.5. The van der Waals surface area contributed by atoms with Crippen LogP contribution < -0.4 is 0 Å². The molecule has 1 aromatic rings. The zero-order valence-corrected chi connectivity index (χ0v) is 23.2. The van der Waals surface area contributed by atoms with Crippen molar-refractivity contribution in [1.29, 1.82) is 0 Å². The lowest BCUT2D eigenvalue weighted by molar-refractivity contribution is -0.156. The molecule has 0 N–H and O–H groups in total. The summed E-state index contributed by atoms with van der Waals surface area (Å²) in [6.07, 6.45) is 5.01. The molecular weight excluding hydrogens is 472 g/mol. The van der Waals surface area contributed by atoms with Crippen LogP contribution in [-0.4, -0.2) is 66.8 Å². The molecule has 0 radical (unpaired) electrons. The van der Waals surface area contributed by atoms with Crippen molar-refractivity contribution in [3.05, 3.63) is 35.9 Å². The lowest BCUT2D eigenvalue weighted by Crippen LogP contribution is -2.47. The molecule has 37 heavy (non-hydrogen) atoms. The fourth-order valence-electron chi connectivity index (χ4n) is 5.36. The Morgan fingerprint density at radius 1 is 0.865 bits per heavy atom. The number of piperidine rings is 2. The van der Waals surface area contributed by atoms with Crippen molar-refractivity contribution in [3.63, 3.8) is 0 Å². The number of likely N-dealkylation sites (tertiary alicyclic amines) is 2. The second kappa shape index (κ2) is 12.2. The van der Waals surface area contributed by atoms with E-state index >= 15 is 0 Å². The lowest BCUT2D eigenvalue weighted by Gasteiger charge is -2.42. The molecular formula is C29H44N2O6. The van der Waals surface area contributed by atoms with Gasteiger partial charge >= 0.3 is 18.2 Å². The minimum atomic E-state index is -0.571. The Hall–Kier alpha value is -2.77. The molecule has 2 aliphatic rings. The largest absolute Gasteiger partial charge is 0.469 e. The molecule has 3 rings (SSSR count). The monoisotopic (exact) mass is 516 g/mol. The molecule has 206 valence electrons. The SMILES string of the molecule is COC(=O)C1(CCCC2(C)CCN(C(=O)OC(C)(C)C)CC2)CCN(C(=O)OCc2ccccc2)CC1. The van der Waals surface area contributed by atoms with E-state index in [9.17, 15) is 14.4 Å². The van der Waals surface area contributed by atoms with Crippen LogP contribution in [0, 0.1) is 10.8 Å². The quantitative estimate of drug-likeness (QED) is 0.337. The molecule has 0 aliphatic carbocycles. The van der Waals surface area contributed by atoms with E-state index in [1.54, 1.807) is 9.80 Å². The summed E-state index contributed by atoms with van der Waals surface area (Å²) >= 11 is 0.